The molecular weight excluding hydrogens is 611 g/mol. The van der Waals surface area contributed by atoms with Crippen molar-refractivity contribution >= 4 is 59.8 Å². The number of fused-ring (bicyclic) bond motifs is 1. The van der Waals surface area contributed by atoms with E-state index in [4.69, 9.17) is 4.52 Å². The molecule has 0 bridgehead atoms. The van der Waals surface area contributed by atoms with Crippen LogP contribution in [0.4, 0.5) is 10.9 Å². The van der Waals surface area contributed by atoms with Crippen molar-refractivity contribution in [3.63, 3.8) is 0 Å². The summed E-state index contributed by atoms with van der Waals surface area (Å²) in [6, 6.07) is 5.48. The average Bonchev–Trinajstić information content (AvgIpc) is 3.72. The van der Waals surface area contributed by atoms with Gasteiger partial charge in [0.25, 0.3) is 15.9 Å². The molecule has 224 valence electrons. The minimum atomic E-state index is -3.77. The summed E-state index contributed by atoms with van der Waals surface area (Å²) in [7, 11) is -3.77. The molecule has 2 N–H and O–H groups in total. The second-order valence-electron chi connectivity index (χ2n) is 10.2. The topological polar surface area (TPSA) is 159 Å². The molecule has 0 spiro atoms. The Labute approximate surface area is 256 Å². The van der Waals surface area contributed by atoms with Gasteiger partial charge < -0.3 is 9.84 Å². The third kappa shape index (κ3) is 6.14. The number of hydrogen-bond acceptors (Lipinski definition) is 13. The van der Waals surface area contributed by atoms with Gasteiger partial charge in [0, 0.05) is 73.7 Å². The van der Waals surface area contributed by atoms with Crippen LogP contribution >= 0.6 is 22.7 Å². The molecule has 1 aliphatic rings. The van der Waals surface area contributed by atoms with Crippen LogP contribution in [0.5, 0.6) is 0 Å². The zero-order chi connectivity index (χ0) is 30.1. The monoisotopic (exact) mass is 639 g/mol. The number of hydrogen-bond donors (Lipinski definition) is 2. The Kier molecular flexibility index (Phi) is 8.19. The molecule has 1 atom stereocenters. The molecule has 0 radical (unpaired) electrons. The van der Waals surface area contributed by atoms with Crippen molar-refractivity contribution in [2.24, 2.45) is 0 Å². The van der Waals surface area contributed by atoms with Crippen LogP contribution in [0.2, 0.25) is 0 Å². The van der Waals surface area contributed by atoms with Crippen molar-refractivity contribution in [2.45, 2.75) is 31.0 Å². The molecule has 5 aromatic heterocycles. The normalized spacial score (nSPS) is 15.5. The Hall–Kier alpha value is -3.83. The third-order valence-electron chi connectivity index (χ3n) is 6.98. The van der Waals surface area contributed by atoms with Crippen LogP contribution < -0.4 is 10.6 Å². The molecule has 0 aliphatic carbocycles. The van der Waals surface area contributed by atoms with Crippen LogP contribution in [0.25, 0.3) is 21.3 Å². The highest BCUT2D eigenvalue weighted by Crippen LogP contribution is 2.35. The van der Waals surface area contributed by atoms with Crippen LogP contribution in [0.3, 0.4) is 0 Å². The number of piperazine rings is 1. The summed E-state index contributed by atoms with van der Waals surface area (Å²) in [4.78, 5) is 32.2. The fourth-order valence-corrected chi connectivity index (χ4v) is 8.87. The molecule has 0 saturated carbocycles. The number of carbonyl (C=O) groups is 1. The van der Waals surface area contributed by atoms with E-state index >= 15 is 0 Å². The van der Waals surface area contributed by atoms with Crippen molar-refractivity contribution in [3.8, 4) is 11.1 Å². The smallest absolute Gasteiger partial charge is 0.279 e. The Morgan fingerprint density at radius 2 is 2.00 bits per heavy atom. The van der Waals surface area contributed by atoms with Crippen molar-refractivity contribution in [1.82, 2.24) is 34.3 Å². The Bertz CT molecular complexity index is 1860. The zero-order valence-electron chi connectivity index (χ0n) is 23.6. The van der Waals surface area contributed by atoms with Crippen molar-refractivity contribution in [3.05, 3.63) is 59.4 Å². The minimum absolute atomic E-state index is 0.0635. The van der Waals surface area contributed by atoms with Crippen molar-refractivity contribution in [2.75, 3.05) is 43.4 Å². The summed E-state index contributed by atoms with van der Waals surface area (Å²) in [5.41, 5.74) is 3.36. The molecule has 43 heavy (non-hydrogen) atoms. The summed E-state index contributed by atoms with van der Waals surface area (Å²) in [5.74, 6) is 0.764. The number of nitrogens with one attached hydrogen (secondary N) is 2. The van der Waals surface area contributed by atoms with E-state index in [2.05, 4.69) is 52.9 Å². The number of thiophene rings is 1. The van der Waals surface area contributed by atoms with E-state index in [0.717, 1.165) is 45.0 Å². The first-order valence-corrected chi connectivity index (χ1v) is 16.7. The number of sulfonamides is 1. The number of amides is 1. The van der Waals surface area contributed by atoms with Crippen LogP contribution in [0.1, 0.15) is 28.9 Å². The van der Waals surface area contributed by atoms with Crippen LogP contribution in [-0.4, -0.2) is 87.4 Å². The molecule has 6 rings (SSSR count). The number of carbonyl (C=O) groups excluding carboxylic acids is 1. The Balaban J connectivity index is 1.06. The zero-order valence-corrected chi connectivity index (χ0v) is 26.1. The molecule has 0 aromatic carbocycles. The van der Waals surface area contributed by atoms with E-state index in [-0.39, 0.29) is 21.1 Å². The van der Waals surface area contributed by atoms with Gasteiger partial charge in [0.2, 0.25) is 0 Å². The summed E-state index contributed by atoms with van der Waals surface area (Å²) >= 11 is 2.53. The van der Waals surface area contributed by atoms with Gasteiger partial charge in [-0.1, -0.05) is 22.6 Å². The average molecular weight is 640 g/mol. The molecule has 16 heteroatoms. The lowest BCUT2D eigenvalue weighted by atomic mass is 10.1. The quantitative estimate of drug-likeness (QED) is 0.241. The molecule has 1 fully saturated rings. The number of aromatic nitrogens is 5. The number of aryl methyl sites for hydroxylation is 2. The molecule has 5 aromatic rings. The molecule has 13 nitrogen and oxygen atoms in total. The molecular formula is C27H29N9O4S3. The van der Waals surface area contributed by atoms with Gasteiger partial charge in [0.1, 0.15) is 17.9 Å². The fraction of sp³-hybridized carbons (Fsp3) is 0.333. The van der Waals surface area contributed by atoms with Crippen molar-refractivity contribution < 1.29 is 17.7 Å². The minimum Gasteiger partial charge on any atom is -0.365 e. The maximum Gasteiger partial charge on any atom is 0.279 e. The molecule has 6 heterocycles. The van der Waals surface area contributed by atoms with E-state index in [9.17, 15) is 13.2 Å². The van der Waals surface area contributed by atoms with Gasteiger partial charge in [0.15, 0.2) is 15.0 Å². The number of rotatable bonds is 9. The van der Waals surface area contributed by atoms with Gasteiger partial charge >= 0.3 is 0 Å². The predicted molar refractivity (Wildman–Crippen MR) is 165 cm³/mol. The van der Waals surface area contributed by atoms with Gasteiger partial charge in [-0.05, 0) is 26.8 Å². The summed E-state index contributed by atoms with van der Waals surface area (Å²) in [6.45, 7) is 7.98. The van der Waals surface area contributed by atoms with E-state index in [1.807, 2.05) is 18.3 Å². The summed E-state index contributed by atoms with van der Waals surface area (Å²) < 4.78 is 34.5. The SMILES string of the molecule is Cc1cc(C(=O)Nc2nc(C)c(S(=O)(=O)N3CCN(C[C@H](C)Nc4ncnc5c(-c6cccnc6)csc45)CC3)s2)no1. The second kappa shape index (κ2) is 12.0. The largest absolute Gasteiger partial charge is 0.365 e. The molecule has 1 amide bonds. The lowest BCUT2D eigenvalue weighted by Crippen LogP contribution is -2.50. The lowest BCUT2D eigenvalue weighted by molar-refractivity contribution is 0.101. The molecule has 1 saturated heterocycles. The van der Waals surface area contributed by atoms with Gasteiger partial charge in [-0.15, -0.1) is 11.3 Å². The summed E-state index contributed by atoms with van der Waals surface area (Å²) in [6.07, 6.45) is 5.15. The van der Waals surface area contributed by atoms with E-state index in [0.29, 0.717) is 37.6 Å². The maximum absolute atomic E-state index is 13.5. The van der Waals surface area contributed by atoms with E-state index in [1.54, 1.807) is 37.7 Å². The Morgan fingerprint density at radius 3 is 2.72 bits per heavy atom. The first kappa shape index (κ1) is 29.3. The molecule has 1 aliphatic heterocycles. The first-order chi connectivity index (χ1) is 20.7. The van der Waals surface area contributed by atoms with Gasteiger partial charge in [-0.3, -0.25) is 20.0 Å². The highest BCUT2D eigenvalue weighted by atomic mass is 32.2. The summed E-state index contributed by atoms with van der Waals surface area (Å²) in [5, 5.41) is 12.1. The van der Waals surface area contributed by atoms with Crippen LogP contribution in [0, 0.1) is 13.8 Å². The van der Waals surface area contributed by atoms with E-state index in [1.165, 1.54) is 10.4 Å². The first-order valence-electron chi connectivity index (χ1n) is 13.5. The van der Waals surface area contributed by atoms with Gasteiger partial charge in [-0.2, -0.15) is 4.31 Å². The third-order valence-corrected chi connectivity index (χ3v) is 11.5. The number of thiazole rings is 1. The van der Waals surface area contributed by atoms with Crippen LogP contribution in [0.15, 0.2) is 51.0 Å². The lowest BCUT2D eigenvalue weighted by Gasteiger charge is -2.35. The second-order valence-corrected chi connectivity index (χ2v) is 14.2. The van der Waals surface area contributed by atoms with Gasteiger partial charge in [0.05, 0.1) is 15.9 Å². The van der Waals surface area contributed by atoms with Gasteiger partial charge in [-0.25, -0.2) is 23.4 Å². The van der Waals surface area contributed by atoms with Crippen LogP contribution in [-0.2, 0) is 10.0 Å². The Morgan fingerprint density at radius 1 is 1.19 bits per heavy atom. The maximum atomic E-state index is 13.5. The highest BCUT2D eigenvalue weighted by Gasteiger charge is 2.32. The van der Waals surface area contributed by atoms with Crippen molar-refractivity contribution in [1.29, 1.82) is 0 Å². The number of nitrogens with zero attached hydrogens (tertiary/aromatic N) is 7. The standard InChI is InChI=1S/C27H29N9O4S3/c1-16(31-24-23-22(29-15-30-24)20(14-41-23)19-5-4-6-28-12-19)13-35-7-9-36(10-8-35)43(38,39)26-18(3)32-27(42-26)33-25(37)21-11-17(2)40-34-21/h4-6,11-12,14-16H,7-10,13H2,1-3H3,(H,29,30,31)(H,32,33,37)/t16-/m0/s1. The van der Waals surface area contributed by atoms with E-state index < -0.39 is 15.9 Å². The highest BCUT2D eigenvalue weighted by molar-refractivity contribution is 7.91. The predicted octanol–water partition coefficient (Wildman–Crippen LogP) is 3.87. The fourth-order valence-electron chi connectivity index (χ4n) is 4.93. The molecule has 0 unspecified atom stereocenters. The number of pyridine rings is 1. The number of anilines is 2.